The number of hydrogen-bond donors (Lipinski definition) is 3. The Morgan fingerprint density at radius 3 is 2.25 bits per heavy atom. The van der Waals surface area contributed by atoms with E-state index in [1.807, 2.05) is 24.3 Å². The first-order valence-electron chi connectivity index (χ1n) is 6.71. The Morgan fingerprint density at radius 1 is 1.00 bits per heavy atom. The molecule has 0 saturated carbocycles. The zero-order valence-corrected chi connectivity index (χ0v) is 11.1. The maximum atomic E-state index is 12.3. The van der Waals surface area contributed by atoms with Crippen LogP contribution in [0.4, 0.5) is 5.69 Å². The lowest BCUT2D eigenvalue weighted by atomic mass is 10.1. The van der Waals surface area contributed by atoms with Crippen LogP contribution in [0.3, 0.4) is 0 Å². The van der Waals surface area contributed by atoms with E-state index in [2.05, 4.69) is 22.9 Å². The van der Waals surface area contributed by atoms with Gasteiger partial charge in [-0.3, -0.25) is 10.6 Å². The highest BCUT2D eigenvalue weighted by Crippen LogP contribution is 2.22. The summed E-state index contributed by atoms with van der Waals surface area (Å²) in [4.78, 5) is 12.3. The van der Waals surface area contributed by atoms with Crippen molar-refractivity contribution in [2.75, 3.05) is 5.43 Å². The van der Waals surface area contributed by atoms with Gasteiger partial charge >= 0.3 is 0 Å². The monoisotopic (exact) mass is 267 g/mol. The van der Waals surface area contributed by atoms with E-state index in [1.54, 1.807) is 12.1 Å². The van der Waals surface area contributed by atoms with Crippen LogP contribution in [0.25, 0.3) is 0 Å². The van der Waals surface area contributed by atoms with Gasteiger partial charge in [-0.25, -0.2) is 0 Å². The number of carbonyl (C=O) groups is 1. The molecule has 4 heteroatoms. The number of hydrogen-bond acceptors (Lipinski definition) is 3. The van der Waals surface area contributed by atoms with E-state index in [9.17, 15) is 4.79 Å². The van der Waals surface area contributed by atoms with Crippen molar-refractivity contribution in [2.45, 2.75) is 18.9 Å². The first-order valence-corrected chi connectivity index (χ1v) is 6.71. The van der Waals surface area contributed by atoms with Gasteiger partial charge in [-0.15, -0.1) is 0 Å². The molecule has 2 aromatic carbocycles. The first kappa shape index (κ1) is 12.7. The second-order valence-electron chi connectivity index (χ2n) is 5.04. The fourth-order valence-corrected chi connectivity index (χ4v) is 2.73. The van der Waals surface area contributed by atoms with Gasteiger partial charge in [-0.05, 0) is 36.1 Å². The lowest BCUT2D eigenvalue weighted by molar-refractivity contribution is 0.0939. The van der Waals surface area contributed by atoms with Gasteiger partial charge in [0, 0.05) is 6.04 Å². The van der Waals surface area contributed by atoms with Crippen LogP contribution in [0.5, 0.6) is 0 Å². The molecule has 1 amide bonds. The number of nitrogen functional groups attached to an aromatic ring is 1. The lowest BCUT2D eigenvalue weighted by Gasteiger charge is -2.14. The van der Waals surface area contributed by atoms with Crippen LogP contribution in [0.15, 0.2) is 48.5 Å². The molecule has 102 valence electrons. The molecule has 4 nitrogen and oxygen atoms in total. The van der Waals surface area contributed by atoms with Crippen molar-refractivity contribution in [2.24, 2.45) is 5.84 Å². The Labute approximate surface area is 118 Å². The third-order valence-corrected chi connectivity index (χ3v) is 3.71. The fourth-order valence-electron chi connectivity index (χ4n) is 2.73. The van der Waals surface area contributed by atoms with Crippen molar-refractivity contribution >= 4 is 11.6 Å². The van der Waals surface area contributed by atoms with Crippen molar-refractivity contribution < 1.29 is 4.79 Å². The first-order chi connectivity index (χ1) is 9.78. The maximum Gasteiger partial charge on any atom is 0.253 e. The number of rotatable bonds is 3. The second-order valence-corrected chi connectivity index (χ2v) is 5.04. The van der Waals surface area contributed by atoms with Crippen LogP contribution in [-0.4, -0.2) is 11.9 Å². The van der Waals surface area contributed by atoms with Crippen LogP contribution < -0.4 is 16.6 Å². The molecule has 0 fully saturated rings. The molecule has 0 spiro atoms. The summed E-state index contributed by atoms with van der Waals surface area (Å²) in [6.07, 6.45) is 1.78. The minimum Gasteiger partial charge on any atom is -0.349 e. The molecular weight excluding hydrogens is 250 g/mol. The summed E-state index contributed by atoms with van der Waals surface area (Å²) in [5.74, 6) is 5.35. The molecule has 0 aromatic heterocycles. The predicted molar refractivity (Wildman–Crippen MR) is 79.4 cm³/mol. The Bertz CT molecular complexity index is 614. The van der Waals surface area contributed by atoms with E-state index in [1.165, 1.54) is 11.1 Å². The van der Waals surface area contributed by atoms with Crippen LogP contribution in [0.1, 0.15) is 21.5 Å². The summed E-state index contributed by atoms with van der Waals surface area (Å²) in [6.45, 7) is 0. The summed E-state index contributed by atoms with van der Waals surface area (Å²) >= 11 is 0. The molecule has 1 aliphatic rings. The van der Waals surface area contributed by atoms with Gasteiger partial charge < -0.3 is 10.7 Å². The van der Waals surface area contributed by atoms with E-state index in [0.717, 1.165) is 12.8 Å². The molecule has 0 saturated heterocycles. The predicted octanol–water partition coefficient (Wildman–Crippen LogP) is 1.87. The highest BCUT2D eigenvalue weighted by Gasteiger charge is 2.23. The van der Waals surface area contributed by atoms with Crippen LogP contribution in [0, 0.1) is 0 Å². The van der Waals surface area contributed by atoms with Gasteiger partial charge in [0.15, 0.2) is 0 Å². The number of nitrogens with one attached hydrogen (secondary N) is 2. The molecule has 0 atom stereocenters. The summed E-state index contributed by atoms with van der Waals surface area (Å²) in [5.41, 5.74) is 6.42. The largest absolute Gasteiger partial charge is 0.349 e. The van der Waals surface area contributed by atoms with Gasteiger partial charge in [-0.1, -0.05) is 36.4 Å². The number of hydrazine groups is 1. The summed E-state index contributed by atoms with van der Waals surface area (Å²) in [6, 6.07) is 15.7. The lowest BCUT2D eigenvalue weighted by Crippen LogP contribution is -2.35. The number of benzene rings is 2. The van der Waals surface area contributed by atoms with E-state index >= 15 is 0 Å². The molecule has 3 rings (SSSR count). The average Bonchev–Trinajstić information content (AvgIpc) is 2.89. The van der Waals surface area contributed by atoms with Gasteiger partial charge in [0.2, 0.25) is 0 Å². The number of anilines is 1. The molecule has 1 aliphatic carbocycles. The Morgan fingerprint density at radius 2 is 1.60 bits per heavy atom. The highest BCUT2D eigenvalue weighted by molar-refractivity contribution is 5.99. The normalized spacial score (nSPS) is 13.8. The molecule has 0 bridgehead atoms. The highest BCUT2D eigenvalue weighted by atomic mass is 16.1. The van der Waals surface area contributed by atoms with Gasteiger partial charge in [-0.2, -0.15) is 0 Å². The van der Waals surface area contributed by atoms with Crippen LogP contribution >= 0.6 is 0 Å². The van der Waals surface area contributed by atoms with E-state index in [4.69, 9.17) is 5.84 Å². The number of para-hydroxylation sites is 1. The fraction of sp³-hybridized carbons (Fsp3) is 0.188. The summed E-state index contributed by atoms with van der Waals surface area (Å²) in [5, 5.41) is 3.08. The van der Waals surface area contributed by atoms with Gasteiger partial charge in [0.1, 0.15) is 0 Å². The summed E-state index contributed by atoms with van der Waals surface area (Å²) in [7, 11) is 0. The van der Waals surface area contributed by atoms with E-state index < -0.39 is 0 Å². The molecule has 20 heavy (non-hydrogen) atoms. The average molecular weight is 267 g/mol. The Kier molecular flexibility index (Phi) is 3.39. The molecule has 0 aliphatic heterocycles. The van der Waals surface area contributed by atoms with Crippen molar-refractivity contribution in [3.8, 4) is 0 Å². The number of nitrogens with two attached hydrogens (primary N) is 1. The SMILES string of the molecule is NNc1ccccc1C(=O)NC1Cc2ccccc2C1. The van der Waals surface area contributed by atoms with Crippen LogP contribution in [0.2, 0.25) is 0 Å². The van der Waals surface area contributed by atoms with Crippen molar-refractivity contribution in [1.82, 2.24) is 5.32 Å². The molecule has 2 aromatic rings. The zero-order chi connectivity index (χ0) is 13.9. The molecule has 0 unspecified atom stereocenters. The van der Waals surface area contributed by atoms with Gasteiger partial charge in [0.05, 0.1) is 11.3 Å². The minimum absolute atomic E-state index is 0.0867. The van der Waals surface area contributed by atoms with Crippen LogP contribution in [-0.2, 0) is 12.8 Å². The second kappa shape index (κ2) is 5.35. The summed E-state index contributed by atoms with van der Waals surface area (Å²) < 4.78 is 0. The molecule has 0 radical (unpaired) electrons. The third kappa shape index (κ3) is 2.38. The van der Waals surface area contributed by atoms with Gasteiger partial charge in [0.25, 0.3) is 5.91 Å². The topological polar surface area (TPSA) is 67.1 Å². The minimum atomic E-state index is -0.0867. The third-order valence-electron chi connectivity index (χ3n) is 3.71. The zero-order valence-electron chi connectivity index (χ0n) is 11.1. The number of amides is 1. The standard InChI is InChI=1S/C16H17N3O/c17-19-15-8-4-3-7-14(15)16(20)18-13-9-11-5-1-2-6-12(11)10-13/h1-8,13,19H,9-10,17H2,(H,18,20). The maximum absolute atomic E-state index is 12.3. The quantitative estimate of drug-likeness (QED) is 0.587. The number of carbonyl (C=O) groups excluding carboxylic acids is 1. The Hall–Kier alpha value is -2.33. The smallest absolute Gasteiger partial charge is 0.253 e. The van der Waals surface area contributed by atoms with Crippen molar-refractivity contribution in [3.05, 3.63) is 65.2 Å². The molecular formula is C16H17N3O. The van der Waals surface area contributed by atoms with E-state index in [-0.39, 0.29) is 11.9 Å². The molecule has 0 heterocycles. The number of fused-ring (bicyclic) bond motifs is 1. The van der Waals surface area contributed by atoms with E-state index in [0.29, 0.717) is 11.3 Å². The van der Waals surface area contributed by atoms with Crippen molar-refractivity contribution in [1.29, 1.82) is 0 Å². The van der Waals surface area contributed by atoms with Crippen molar-refractivity contribution in [3.63, 3.8) is 0 Å². The Balaban J connectivity index is 1.72. The molecule has 4 N–H and O–H groups in total.